The topological polar surface area (TPSA) is 88.5 Å². The van der Waals surface area contributed by atoms with Gasteiger partial charge >= 0.3 is 0 Å². The number of nitrogens with zero attached hydrogens (tertiary/aromatic N) is 3. The van der Waals surface area contributed by atoms with Gasteiger partial charge < -0.3 is 19.9 Å². The van der Waals surface area contributed by atoms with E-state index in [2.05, 4.69) is 44.4 Å². The lowest BCUT2D eigenvalue weighted by Gasteiger charge is -2.33. The molecule has 2 aromatic carbocycles. The number of ether oxygens (including phenoxy) is 1. The molecule has 1 aliphatic carbocycles. The Balaban J connectivity index is 1.39. The van der Waals surface area contributed by atoms with Gasteiger partial charge in [-0.05, 0) is 49.9 Å². The SMILES string of the molecule is COCC(=O)Nc1cc(C(=O)NC2CCCN(Cc3ccccc3)C2)c2c(c1)nc(C1CCC1)n2C. The first-order chi connectivity index (χ1) is 17.5. The molecule has 1 unspecified atom stereocenters. The Morgan fingerprint density at radius 1 is 1.11 bits per heavy atom. The lowest BCUT2D eigenvalue weighted by atomic mass is 9.85. The highest BCUT2D eigenvalue weighted by molar-refractivity contribution is 6.08. The van der Waals surface area contributed by atoms with E-state index in [1.807, 2.05) is 19.2 Å². The molecule has 1 aromatic heterocycles. The molecule has 0 radical (unpaired) electrons. The van der Waals surface area contributed by atoms with E-state index in [9.17, 15) is 9.59 Å². The summed E-state index contributed by atoms with van der Waals surface area (Å²) in [7, 11) is 3.47. The highest BCUT2D eigenvalue weighted by Crippen LogP contribution is 2.38. The molecular formula is C28H35N5O3. The zero-order valence-electron chi connectivity index (χ0n) is 21.1. The molecule has 1 atom stereocenters. The first-order valence-electron chi connectivity index (χ1n) is 12.9. The van der Waals surface area contributed by atoms with Crippen molar-refractivity contribution in [1.29, 1.82) is 0 Å². The quantitative estimate of drug-likeness (QED) is 0.502. The van der Waals surface area contributed by atoms with Gasteiger partial charge in [0.05, 0.1) is 16.6 Å². The molecule has 2 fully saturated rings. The Kier molecular flexibility index (Phi) is 7.34. The number of aryl methyl sites for hydroxylation is 1. The van der Waals surface area contributed by atoms with E-state index >= 15 is 0 Å². The summed E-state index contributed by atoms with van der Waals surface area (Å²) in [6.07, 6.45) is 5.44. The smallest absolute Gasteiger partial charge is 0.253 e. The number of piperidine rings is 1. The highest BCUT2D eigenvalue weighted by atomic mass is 16.5. The number of hydrogen-bond donors (Lipinski definition) is 2. The average molecular weight is 490 g/mol. The van der Waals surface area contributed by atoms with Gasteiger partial charge in [-0.15, -0.1) is 0 Å². The molecular weight excluding hydrogens is 454 g/mol. The number of fused-ring (bicyclic) bond motifs is 1. The maximum atomic E-state index is 13.7. The number of carbonyl (C=O) groups excluding carboxylic acids is 2. The number of hydrogen-bond acceptors (Lipinski definition) is 5. The van der Waals surface area contributed by atoms with Crippen LogP contribution >= 0.6 is 0 Å². The summed E-state index contributed by atoms with van der Waals surface area (Å²) < 4.78 is 7.02. The molecule has 1 saturated heterocycles. The van der Waals surface area contributed by atoms with Gasteiger partial charge in [-0.2, -0.15) is 0 Å². The van der Waals surface area contributed by atoms with E-state index in [1.165, 1.54) is 19.1 Å². The summed E-state index contributed by atoms with van der Waals surface area (Å²) in [5, 5.41) is 6.14. The molecule has 190 valence electrons. The van der Waals surface area contributed by atoms with Gasteiger partial charge in [0.1, 0.15) is 12.4 Å². The third kappa shape index (κ3) is 5.29. The maximum Gasteiger partial charge on any atom is 0.253 e. The fourth-order valence-electron chi connectivity index (χ4n) is 5.40. The van der Waals surface area contributed by atoms with Crippen molar-refractivity contribution in [3.05, 3.63) is 59.4 Å². The van der Waals surface area contributed by atoms with Gasteiger partial charge in [-0.25, -0.2) is 4.98 Å². The number of likely N-dealkylation sites (tertiary alicyclic amines) is 1. The molecule has 3 aromatic rings. The van der Waals surface area contributed by atoms with Crippen molar-refractivity contribution in [2.45, 2.75) is 50.6 Å². The van der Waals surface area contributed by atoms with Crippen molar-refractivity contribution >= 4 is 28.5 Å². The molecule has 0 bridgehead atoms. The first-order valence-corrected chi connectivity index (χ1v) is 12.9. The van der Waals surface area contributed by atoms with E-state index in [0.717, 1.165) is 62.2 Å². The lowest BCUT2D eigenvalue weighted by Crippen LogP contribution is -2.47. The fraction of sp³-hybridized carbons (Fsp3) is 0.464. The second-order valence-electron chi connectivity index (χ2n) is 10.1. The van der Waals surface area contributed by atoms with Crippen molar-refractivity contribution < 1.29 is 14.3 Å². The van der Waals surface area contributed by atoms with Gasteiger partial charge in [0, 0.05) is 44.9 Å². The molecule has 2 heterocycles. The molecule has 2 N–H and O–H groups in total. The Morgan fingerprint density at radius 3 is 2.64 bits per heavy atom. The monoisotopic (exact) mass is 489 g/mol. The standard InChI is InChI=1S/C28H35N5O3/c1-32-26-23(28(35)30-21-12-7-13-33(17-21)16-19-8-4-3-5-9-19)14-22(29-25(34)18-36-2)15-24(26)31-27(32)20-10-6-11-20/h3-5,8-9,14-15,20-21H,6-7,10-13,16-18H2,1-2H3,(H,29,34)(H,30,35). The summed E-state index contributed by atoms with van der Waals surface area (Å²) in [6, 6.07) is 14.1. The number of benzene rings is 2. The Hall–Kier alpha value is -3.23. The Labute approximate surface area is 212 Å². The minimum atomic E-state index is -0.262. The van der Waals surface area contributed by atoms with E-state index in [0.29, 0.717) is 17.2 Å². The largest absolute Gasteiger partial charge is 0.375 e. The van der Waals surface area contributed by atoms with Crippen LogP contribution in [0.1, 0.15) is 59.8 Å². The predicted molar refractivity (Wildman–Crippen MR) is 140 cm³/mol. The Morgan fingerprint density at radius 2 is 1.92 bits per heavy atom. The molecule has 1 aliphatic heterocycles. The third-order valence-electron chi connectivity index (χ3n) is 7.37. The van der Waals surface area contributed by atoms with Crippen LogP contribution in [-0.4, -0.2) is 59.1 Å². The summed E-state index contributed by atoms with van der Waals surface area (Å²) in [5.74, 6) is 1.05. The minimum absolute atomic E-state index is 0.0472. The predicted octanol–water partition coefficient (Wildman–Crippen LogP) is 3.82. The summed E-state index contributed by atoms with van der Waals surface area (Å²) >= 11 is 0. The van der Waals surface area contributed by atoms with Crippen molar-refractivity contribution in [3.63, 3.8) is 0 Å². The van der Waals surface area contributed by atoms with Crippen molar-refractivity contribution in [1.82, 2.24) is 19.8 Å². The van der Waals surface area contributed by atoms with E-state index in [4.69, 9.17) is 9.72 Å². The number of amides is 2. The molecule has 8 nitrogen and oxygen atoms in total. The van der Waals surface area contributed by atoms with Crippen molar-refractivity contribution in [2.75, 3.05) is 32.1 Å². The van der Waals surface area contributed by atoms with Gasteiger partial charge in [-0.1, -0.05) is 36.8 Å². The molecule has 5 rings (SSSR count). The third-order valence-corrected chi connectivity index (χ3v) is 7.37. The van der Waals surface area contributed by atoms with Gasteiger partial charge in [-0.3, -0.25) is 14.5 Å². The first kappa shape index (κ1) is 24.5. The van der Waals surface area contributed by atoms with Gasteiger partial charge in [0.25, 0.3) is 5.91 Å². The minimum Gasteiger partial charge on any atom is -0.375 e. The number of aromatic nitrogens is 2. The van der Waals surface area contributed by atoms with Gasteiger partial charge in [0.15, 0.2) is 0 Å². The summed E-state index contributed by atoms with van der Waals surface area (Å²) in [5.41, 5.74) is 3.93. The van der Waals surface area contributed by atoms with E-state index in [-0.39, 0.29) is 24.5 Å². The second-order valence-corrected chi connectivity index (χ2v) is 10.1. The Bertz CT molecular complexity index is 1230. The summed E-state index contributed by atoms with van der Waals surface area (Å²) in [6.45, 7) is 2.67. The summed E-state index contributed by atoms with van der Waals surface area (Å²) in [4.78, 5) is 33.2. The van der Waals surface area contributed by atoms with Crippen LogP contribution in [0.5, 0.6) is 0 Å². The number of carbonyl (C=O) groups is 2. The molecule has 0 spiro atoms. The number of methoxy groups -OCH3 is 1. The zero-order chi connectivity index (χ0) is 25.1. The van der Waals surface area contributed by atoms with Crippen LogP contribution in [0.25, 0.3) is 11.0 Å². The van der Waals surface area contributed by atoms with E-state index < -0.39 is 0 Å². The normalized spacial score (nSPS) is 18.7. The van der Waals surface area contributed by atoms with Crippen LogP contribution in [0.2, 0.25) is 0 Å². The van der Waals surface area contributed by atoms with Crippen LogP contribution in [0, 0.1) is 0 Å². The number of imidazole rings is 1. The highest BCUT2D eigenvalue weighted by Gasteiger charge is 2.28. The number of anilines is 1. The molecule has 2 aliphatic rings. The zero-order valence-corrected chi connectivity index (χ0v) is 21.1. The molecule has 1 saturated carbocycles. The van der Waals surface area contributed by atoms with E-state index in [1.54, 1.807) is 6.07 Å². The van der Waals surface area contributed by atoms with Crippen LogP contribution in [0.4, 0.5) is 5.69 Å². The lowest BCUT2D eigenvalue weighted by molar-refractivity contribution is -0.119. The van der Waals surface area contributed by atoms with Crippen LogP contribution in [0.3, 0.4) is 0 Å². The number of rotatable bonds is 8. The fourth-order valence-corrected chi connectivity index (χ4v) is 5.40. The van der Waals surface area contributed by atoms with Crippen molar-refractivity contribution in [2.24, 2.45) is 7.05 Å². The molecule has 36 heavy (non-hydrogen) atoms. The van der Waals surface area contributed by atoms with Gasteiger partial charge in [0.2, 0.25) is 5.91 Å². The van der Waals surface area contributed by atoms with Crippen LogP contribution in [0.15, 0.2) is 42.5 Å². The molecule has 8 heteroatoms. The second kappa shape index (κ2) is 10.8. The van der Waals surface area contributed by atoms with Crippen LogP contribution in [-0.2, 0) is 23.1 Å². The number of nitrogens with one attached hydrogen (secondary N) is 2. The maximum absolute atomic E-state index is 13.7. The van der Waals surface area contributed by atoms with Crippen molar-refractivity contribution in [3.8, 4) is 0 Å². The average Bonchev–Trinajstić information content (AvgIpc) is 3.14. The van der Waals surface area contributed by atoms with Crippen LogP contribution < -0.4 is 10.6 Å². The molecule has 2 amide bonds.